The number of rotatable bonds is 4. The number of pyridine rings is 1. The number of nitrogens with zero attached hydrogens (tertiary/aromatic N) is 1. The number of anilines is 1. The van der Waals surface area contributed by atoms with E-state index in [2.05, 4.69) is 10.3 Å². The lowest BCUT2D eigenvalue weighted by atomic mass is 10.2. The quantitative estimate of drug-likeness (QED) is 0.895. The summed E-state index contributed by atoms with van der Waals surface area (Å²) in [6, 6.07) is 11.1. The molecule has 0 saturated heterocycles. The molecule has 1 aromatic carbocycles. The van der Waals surface area contributed by atoms with Gasteiger partial charge in [0.15, 0.2) is 6.61 Å². The van der Waals surface area contributed by atoms with E-state index in [4.69, 9.17) is 4.74 Å². The van der Waals surface area contributed by atoms with Gasteiger partial charge in [0.2, 0.25) is 0 Å². The standard InChI is InChI=1S/C14H14N2O2/c1-11-5-2-3-7-13(11)16-14(17)10-18-12-6-4-8-15-9-12/h2-9H,10H2,1H3,(H,16,17). The highest BCUT2D eigenvalue weighted by molar-refractivity contribution is 5.92. The molecule has 2 aromatic rings. The lowest BCUT2D eigenvalue weighted by Gasteiger charge is -2.08. The van der Waals surface area contributed by atoms with Crippen molar-refractivity contribution in [3.05, 3.63) is 54.4 Å². The Balaban J connectivity index is 1.88. The zero-order valence-corrected chi connectivity index (χ0v) is 10.1. The van der Waals surface area contributed by atoms with Crippen LogP contribution in [0.25, 0.3) is 0 Å². The van der Waals surface area contributed by atoms with Gasteiger partial charge >= 0.3 is 0 Å². The summed E-state index contributed by atoms with van der Waals surface area (Å²) in [5, 5.41) is 2.80. The Labute approximate surface area is 106 Å². The summed E-state index contributed by atoms with van der Waals surface area (Å²) >= 11 is 0. The number of benzene rings is 1. The van der Waals surface area contributed by atoms with E-state index >= 15 is 0 Å². The topological polar surface area (TPSA) is 51.2 Å². The van der Waals surface area contributed by atoms with Crippen LogP contribution in [0.5, 0.6) is 5.75 Å². The maximum atomic E-state index is 11.7. The second-order valence-electron chi connectivity index (χ2n) is 3.84. The largest absolute Gasteiger partial charge is 0.482 e. The first-order valence-electron chi connectivity index (χ1n) is 5.64. The molecule has 18 heavy (non-hydrogen) atoms. The molecule has 1 heterocycles. The third kappa shape index (κ3) is 3.31. The summed E-state index contributed by atoms with van der Waals surface area (Å²) in [7, 11) is 0. The van der Waals surface area contributed by atoms with Gasteiger partial charge in [0.1, 0.15) is 5.75 Å². The molecule has 0 radical (unpaired) electrons. The average Bonchev–Trinajstić information content (AvgIpc) is 2.40. The highest BCUT2D eigenvalue weighted by atomic mass is 16.5. The number of carbonyl (C=O) groups excluding carboxylic acids is 1. The van der Waals surface area contributed by atoms with Crippen LogP contribution in [0.4, 0.5) is 5.69 Å². The van der Waals surface area contributed by atoms with Crippen LogP contribution in [0, 0.1) is 6.92 Å². The van der Waals surface area contributed by atoms with Gasteiger partial charge < -0.3 is 10.1 Å². The number of nitrogens with one attached hydrogen (secondary N) is 1. The molecule has 0 atom stereocenters. The van der Waals surface area contributed by atoms with E-state index in [1.807, 2.05) is 31.2 Å². The van der Waals surface area contributed by atoms with Crippen molar-refractivity contribution in [2.45, 2.75) is 6.92 Å². The zero-order chi connectivity index (χ0) is 12.8. The monoisotopic (exact) mass is 242 g/mol. The fraction of sp³-hybridized carbons (Fsp3) is 0.143. The molecule has 0 aliphatic carbocycles. The fourth-order valence-electron chi connectivity index (χ4n) is 1.48. The number of hydrogen-bond acceptors (Lipinski definition) is 3. The van der Waals surface area contributed by atoms with Gasteiger partial charge in [-0.1, -0.05) is 18.2 Å². The van der Waals surface area contributed by atoms with Crippen LogP contribution in [-0.4, -0.2) is 17.5 Å². The van der Waals surface area contributed by atoms with Crippen molar-refractivity contribution >= 4 is 11.6 Å². The van der Waals surface area contributed by atoms with Crippen LogP contribution in [0.1, 0.15) is 5.56 Å². The second kappa shape index (κ2) is 5.82. The molecule has 1 N–H and O–H groups in total. The molecule has 0 aliphatic rings. The first-order chi connectivity index (χ1) is 8.75. The van der Waals surface area contributed by atoms with Crippen LogP contribution in [0.3, 0.4) is 0 Å². The Morgan fingerprint density at radius 1 is 1.28 bits per heavy atom. The van der Waals surface area contributed by atoms with Crippen molar-refractivity contribution in [1.29, 1.82) is 0 Å². The Bertz CT molecular complexity index is 526. The number of aromatic nitrogens is 1. The van der Waals surface area contributed by atoms with Crippen molar-refractivity contribution in [3.8, 4) is 5.75 Å². The zero-order valence-electron chi connectivity index (χ0n) is 10.1. The third-order valence-corrected chi connectivity index (χ3v) is 2.42. The maximum Gasteiger partial charge on any atom is 0.262 e. The Hall–Kier alpha value is -2.36. The molecule has 0 fully saturated rings. The number of aryl methyl sites for hydroxylation is 1. The van der Waals surface area contributed by atoms with Crippen LogP contribution >= 0.6 is 0 Å². The van der Waals surface area contributed by atoms with Gasteiger partial charge in [0, 0.05) is 11.9 Å². The number of para-hydroxylation sites is 1. The summed E-state index contributed by atoms with van der Waals surface area (Å²) in [5.41, 5.74) is 1.82. The fourth-order valence-corrected chi connectivity index (χ4v) is 1.48. The Kier molecular flexibility index (Phi) is 3.91. The van der Waals surface area contributed by atoms with Gasteiger partial charge in [-0.05, 0) is 30.7 Å². The minimum atomic E-state index is -0.187. The molecule has 4 heteroatoms. The van der Waals surface area contributed by atoms with Gasteiger partial charge in [-0.15, -0.1) is 0 Å². The molecule has 1 amide bonds. The highest BCUT2D eigenvalue weighted by Crippen LogP contribution is 2.13. The van der Waals surface area contributed by atoms with Crippen molar-refractivity contribution in [1.82, 2.24) is 4.98 Å². The van der Waals surface area contributed by atoms with Crippen molar-refractivity contribution in [2.24, 2.45) is 0 Å². The summed E-state index contributed by atoms with van der Waals surface area (Å²) < 4.78 is 5.31. The minimum Gasteiger partial charge on any atom is -0.482 e. The summed E-state index contributed by atoms with van der Waals surface area (Å²) in [5.74, 6) is 0.394. The summed E-state index contributed by atoms with van der Waals surface area (Å²) in [4.78, 5) is 15.6. The van der Waals surface area contributed by atoms with Crippen LogP contribution in [-0.2, 0) is 4.79 Å². The molecular weight excluding hydrogens is 228 g/mol. The number of ether oxygens (including phenoxy) is 1. The molecular formula is C14H14N2O2. The first kappa shape index (κ1) is 12.1. The minimum absolute atomic E-state index is 0.0278. The predicted molar refractivity (Wildman–Crippen MR) is 69.5 cm³/mol. The van der Waals surface area contributed by atoms with E-state index in [-0.39, 0.29) is 12.5 Å². The summed E-state index contributed by atoms with van der Waals surface area (Å²) in [6.07, 6.45) is 3.22. The van der Waals surface area contributed by atoms with Crippen molar-refractivity contribution in [2.75, 3.05) is 11.9 Å². The average molecular weight is 242 g/mol. The van der Waals surface area contributed by atoms with Gasteiger partial charge in [-0.3, -0.25) is 9.78 Å². The molecule has 0 saturated carbocycles. The van der Waals surface area contributed by atoms with Gasteiger partial charge in [-0.2, -0.15) is 0 Å². The molecule has 0 bridgehead atoms. The van der Waals surface area contributed by atoms with E-state index in [1.54, 1.807) is 24.5 Å². The molecule has 0 aliphatic heterocycles. The summed E-state index contributed by atoms with van der Waals surface area (Å²) in [6.45, 7) is 1.91. The smallest absolute Gasteiger partial charge is 0.262 e. The Morgan fingerprint density at radius 2 is 2.11 bits per heavy atom. The first-order valence-corrected chi connectivity index (χ1v) is 5.64. The number of amides is 1. The van der Waals surface area contributed by atoms with E-state index in [0.29, 0.717) is 5.75 Å². The predicted octanol–water partition coefficient (Wildman–Crippen LogP) is 2.41. The SMILES string of the molecule is Cc1ccccc1NC(=O)COc1cccnc1. The lowest BCUT2D eigenvalue weighted by Crippen LogP contribution is -2.20. The van der Waals surface area contributed by atoms with E-state index in [0.717, 1.165) is 11.3 Å². The Morgan fingerprint density at radius 3 is 2.83 bits per heavy atom. The van der Waals surface area contributed by atoms with Crippen LogP contribution < -0.4 is 10.1 Å². The highest BCUT2D eigenvalue weighted by Gasteiger charge is 2.05. The molecule has 2 rings (SSSR count). The third-order valence-electron chi connectivity index (χ3n) is 2.42. The maximum absolute atomic E-state index is 11.7. The van der Waals surface area contributed by atoms with Crippen LogP contribution in [0.15, 0.2) is 48.8 Å². The second-order valence-corrected chi connectivity index (χ2v) is 3.84. The molecule has 0 spiro atoms. The molecule has 1 aromatic heterocycles. The molecule has 0 unspecified atom stereocenters. The normalized spacial score (nSPS) is 9.83. The van der Waals surface area contributed by atoms with Gasteiger partial charge in [0.25, 0.3) is 5.91 Å². The van der Waals surface area contributed by atoms with Gasteiger partial charge in [-0.25, -0.2) is 0 Å². The van der Waals surface area contributed by atoms with E-state index in [9.17, 15) is 4.79 Å². The van der Waals surface area contributed by atoms with Crippen LogP contribution in [0.2, 0.25) is 0 Å². The molecule has 4 nitrogen and oxygen atoms in total. The number of hydrogen-bond donors (Lipinski definition) is 1. The molecule has 92 valence electrons. The van der Waals surface area contributed by atoms with Crippen molar-refractivity contribution in [3.63, 3.8) is 0 Å². The number of carbonyl (C=O) groups is 1. The van der Waals surface area contributed by atoms with E-state index < -0.39 is 0 Å². The van der Waals surface area contributed by atoms with Gasteiger partial charge in [0.05, 0.1) is 6.20 Å². The van der Waals surface area contributed by atoms with E-state index in [1.165, 1.54) is 0 Å². The van der Waals surface area contributed by atoms with Crippen molar-refractivity contribution < 1.29 is 9.53 Å². The lowest BCUT2D eigenvalue weighted by molar-refractivity contribution is -0.118.